The molecule has 3 aromatic carbocycles. The fourth-order valence-corrected chi connectivity index (χ4v) is 11.6. The normalized spacial score (nSPS) is 18.7. The Morgan fingerprint density at radius 1 is 0.871 bits per heavy atom. The topological polar surface area (TPSA) is 234 Å². The number of aromatic amines is 1. The van der Waals surface area contributed by atoms with Crippen LogP contribution in [-0.2, 0) is 41.6 Å². The molecule has 85 heavy (non-hydrogen) atoms. The molecule has 2 aliphatic heterocycles. The number of H-pyrrole nitrogens is 1. The molecule has 1 saturated carbocycles. The van der Waals surface area contributed by atoms with Gasteiger partial charge in [-0.15, -0.1) is 0 Å². The highest BCUT2D eigenvalue weighted by Gasteiger charge is 2.40. The maximum atomic E-state index is 15.1. The predicted molar refractivity (Wildman–Crippen MR) is 319 cm³/mol. The maximum Gasteiger partial charge on any atom is 0.411 e. The second kappa shape index (κ2) is 29.4. The van der Waals surface area contributed by atoms with Crippen LogP contribution >= 0.6 is 0 Å². The van der Waals surface area contributed by atoms with Crippen molar-refractivity contribution in [2.75, 3.05) is 92.4 Å². The van der Waals surface area contributed by atoms with Crippen molar-refractivity contribution in [2.45, 2.75) is 111 Å². The van der Waals surface area contributed by atoms with Gasteiger partial charge < -0.3 is 49.6 Å². The van der Waals surface area contributed by atoms with Crippen molar-refractivity contribution in [1.29, 1.82) is 0 Å². The molecule has 2 aliphatic carbocycles. The van der Waals surface area contributed by atoms with E-state index in [1.165, 1.54) is 17.0 Å². The minimum atomic E-state index is -0.947. The van der Waals surface area contributed by atoms with Crippen molar-refractivity contribution in [3.8, 4) is 11.5 Å². The van der Waals surface area contributed by atoms with E-state index in [0.717, 1.165) is 50.5 Å². The number of hydrogen-bond donors (Lipinski definition) is 4. The van der Waals surface area contributed by atoms with Crippen molar-refractivity contribution in [2.24, 2.45) is 17.3 Å². The van der Waals surface area contributed by atoms with E-state index in [0.29, 0.717) is 84.8 Å². The number of amides is 6. The van der Waals surface area contributed by atoms with Crippen LogP contribution in [0.15, 0.2) is 89.3 Å². The Hall–Kier alpha value is -7.65. The lowest BCUT2D eigenvalue weighted by Crippen LogP contribution is -2.55. The lowest BCUT2D eigenvalue weighted by molar-refractivity contribution is -0.134. The summed E-state index contributed by atoms with van der Waals surface area (Å²) in [7, 11) is 1.57. The van der Waals surface area contributed by atoms with E-state index in [-0.39, 0.29) is 105 Å². The lowest BCUT2D eigenvalue weighted by Gasteiger charge is -2.38. The van der Waals surface area contributed by atoms with Gasteiger partial charge in [-0.2, -0.15) is 5.10 Å². The van der Waals surface area contributed by atoms with Crippen molar-refractivity contribution in [3.63, 3.8) is 0 Å². The number of piperidine rings is 1. The number of aromatic nitrogens is 2. The molecule has 3 heterocycles. The summed E-state index contributed by atoms with van der Waals surface area (Å²) in [4.78, 5) is 102. The van der Waals surface area contributed by atoms with Crippen LogP contribution in [-0.4, -0.2) is 169 Å². The van der Waals surface area contributed by atoms with Crippen LogP contribution in [0.25, 0.3) is 10.8 Å². The van der Waals surface area contributed by atoms with Gasteiger partial charge in [0, 0.05) is 81.7 Å². The number of ether oxygens (including phenoxy) is 4. The third-order valence-electron chi connectivity index (χ3n) is 16.3. The predicted octanol–water partition coefficient (Wildman–Crippen LogP) is 6.70. The quantitative estimate of drug-likeness (QED) is 0.0567. The fourth-order valence-electron chi connectivity index (χ4n) is 11.6. The molecule has 0 radical (unpaired) electrons. The van der Waals surface area contributed by atoms with Crippen LogP contribution in [0.4, 0.5) is 9.18 Å². The number of hydrogen-bond acceptors (Lipinski definition) is 13. The van der Waals surface area contributed by atoms with Gasteiger partial charge in [0.15, 0.2) is 0 Å². The molecule has 21 heteroatoms. The Kier molecular flexibility index (Phi) is 21.9. The molecule has 2 unspecified atom stereocenters. The largest absolute Gasteiger partial charge is 0.497 e. The summed E-state index contributed by atoms with van der Waals surface area (Å²) in [5.41, 5.74) is 0.813. The number of methoxy groups -OCH3 is 1. The second-order valence-corrected chi connectivity index (χ2v) is 23.7. The first-order valence-corrected chi connectivity index (χ1v) is 30.0. The lowest BCUT2D eigenvalue weighted by atomic mass is 9.75. The fraction of sp³-hybridized carbons (Fsp3) is 0.531. The number of carbonyl (C=O) groups is 6. The van der Waals surface area contributed by atoms with Gasteiger partial charge in [0.05, 0.1) is 62.1 Å². The molecule has 4 aromatic rings. The molecule has 0 bridgehead atoms. The molecule has 3 atom stereocenters. The van der Waals surface area contributed by atoms with E-state index < -0.39 is 34.9 Å². The van der Waals surface area contributed by atoms with Gasteiger partial charge in [-0.1, -0.05) is 61.8 Å². The van der Waals surface area contributed by atoms with Crippen molar-refractivity contribution in [3.05, 3.63) is 123 Å². The SMILES string of the molecule is CCOc1cc(OC)ccc1CN(CC(=O)N1CCCC(C2=CC(C)(C(=O)N[C@@H](C(=O)NCCOCCNCC(=O)N3CCN(C(=O)c4cc(Cc5n[nH]c(=O)c6ccccc56)ccc4F)CC3)C3CCCCC3)CC=C2)C1)C(=O)OC(C)(C)C. The summed E-state index contributed by atoms with van der Waals surface area (Å²) in [6, 6.07) is 16.1. The number of rotatable bonds is 23. The molecule has 2 saturated heterocycles. The zero-order valence-electron chi connectivity index (χ0n) is 50.1. The number of halogens is 1. The van der Waals surface area contributed by atoms with Gasteiger partial charge in [-0.05, 0) is 114 Å². The molecule has 0 spiro atoms. The minimum absolute atomic E-state index is 0.0240. The zero-order valence-corrected chi connectivity index (χ0v) is 50.1. The highest BCUT2D eigenvalue weighted by Crippen LogP contribution is 2.37. The van der Waals surface area contributed by atoms with Crippen LogP contribution in [0, 0.1) is 23.1 Å². The van der Waals surface area contributed by atoms with Gasteiger partial charge in [0.2, 0.25) is 23.6 Å². The molecule has 8 rings (SSSR count). The second-order valence-electron chi connectivity index (χ2n) is 23.7. The first-order chi connectivity index (χ1) is 40.8. The number of benzene rings is 3. The van der Waals surface area contributed by atoms with Gasteiger partial charge in [-0.25, -0.2) is 14.3 Å². The number of fused-ring (bicyclic) bond motifs is 1. The van der Waals surface area contributed by atoms with E-state index >= 15 is 4.39 Å². The molecule has 20 nitrogen and oxygen atoms in total. The first-order valence-electron chi connectivity index (χ1n) is 30.0. The van der Waals surface area contributed by atoms with Gasteiger partial charge in [0.25, 0.3) is 11.5 Å². The summed E-state index contributed by atoms with van der Waals surface area (Å²) in [5, 5.41) is 17.2. The Morgan fingerprint density at radius 2 is 1.61 bits per heavy atom. The standard InChI is InChI=1S/C64H84FN9O11/c1-7-84-54-37-48(82-6)23-22-47(54)41-74(62(81)85-63(2,3)4)42-56(76)73-28-14-18-46(40-73)45-17-13-25-64(5,38-45)61(80)68-57(44-15-9-8-10-16-44)59(78)67-27-34-83-33-26-66-39-55(75)71-29-31-72(32-30-71)60(79)51-35-43(21-24-52(51)65)36-53-49-19-11-12-20-50(49)58(77)70-69-53/h11-13,17,19-24,35,37-38,44,46,57,66H,7-10,14-16,18,25-34,36,39-42H2,1-6H3,(H,67,78)(H,68,80)(H,70,77)/t46?,57-,64?/m1/s1. The Bertz CT molecular complexity index is 3150. The van der Waals surface area contributed by atoms with Gasteiger partial charge in [-0.3, -0.25) is 33.7 Å². The summed E-state index contributed by atoms with van der Waals surface area (Å²) < 4.78 is 38.0. The number of nitrogens with zero attached hydrogens (tertiary/aromatic N) is 5. The highest BCUT2D eigenvalue weighted by atomic mass is 19.1. The average Bonchev–Trinajstić information content (AvgIpc) is 3.49. The average molecular weight is 1170 g/mol. The third kappa shape index (κ3) is 17.0. The van der Waals surface area contributed by atoms with E-state index in [1.807, 2.05) is 44.2 Å². The maximum absolute atomic E-state index is 15.1. The minimum Gasteiger partial charge on any atom is -0.497 e. The first kappa shape index (κ1) is 63.4. The molecule has 4 N–H and O–H groups in total. The Labute approximate surface area is 497 Å². The Balaban J connectivity index is 0.771. The Morgan fingerprint density at radius 3 is 2.35 bits per heavy atom. The number of piperazine rings is 1. The summed E-state index contributed by atoms with van der Waals surface area (Å²) >= 11 is 0. The number of likely N-dealkylation sites (tertiary alicyclic amines) is 1. The number of allylic oxidation sites excluding steroid dienone is 2. The van der Waals surface area contributed by atoms with Gasteiger partial charge >= 0.3 is 6.09 Å². The van der Waals surface area contributed by atoms with E-state index in [2.05, 4.69) is 26.1 Å². The molecular weight excluding hydrogens is 1090 g/mol. The van der Waals surface area contributed by atoms with Crippen molar-refractivity contribution >= 4 is 46.4 Å². The molecule has 1 aromatic heterocycles. The van der Waals surface area contributed by atoms with E-state index in [1.54, 1.807) is 79.0 Å². The molecule has 3 fully saturated rings. The number of nitrogens with one attached hydrogen (secondary N) is 4. The number of carbonyl (C=O) groups excluding carboxylic acids is 6. The summed E-state index contributed by atoms with van der Waals surface area (Å²) in [5.74, 6) is -0.880. The van der Waals surface area contributed by atoms with Crippen LogP contribution in [0.3, 0.4) is 0 Å². The van der Waals surface area contributed by atoms with Gasteiger partial charge in [0.1, 0.15) is 35.5 Å². The molecular formula is C64H84FN9O11. The summed E-state index contributed by atoms with van der Waals surface area (Å²) in [6.07, 6.45) is 12.4. The molecule has 4 aliphatic rings. The van der Waals surface area contributed by atoms with Crippen LogP contribution in [0.2, 0.25) is 0 Å². The van der Waals surface area contributed by atoms with E-state index in [9.17, 15) is 33.6 Å². The smallest absolute Gasteiger partial charge is 0.411 e. The van der Waals surface area contributed by atoms with Crippen LogP contribution < -0.4 is 31.0 Å². The van der Waals surface area contributed by atoms with Crippen LogP contribution in [0.1, 0.15) is 113 Å². The molecule has 6 amide bonds. The third-order valence-corrected chi connectivity index (χ3v) is 16.3. The highest BCUT2D eigenvalue weighted by molar-refractivity contribution is 5.95. The van der Waals surface area contributed by atoms with E-state index in [4.69, 9.17) is 18.9 Å². The summed E-state index contributed by atoms with van der Waals surface area (Å²) in [6.45, 7) is 12.6. The zero-order chi connectivity index (χ0) is 60.7. The van der Waals surface area contributed by atoms with Crippen LogP contribution in [0.5, 0.6) is 11.5 Å². The molecule has 458 valence electrons. The monoisotopic (exact) mass is 1170 g/mol. The van der Waals surface area contributed by atoms with Crippen molar-refractivity contribution in [1.82, 2.24) is 45.7 Å². The van der Waals surface area contributed by atoms with Crippen molar-refractivity contribution < 1.29 is 52.1 Å².